The van der Waals surface area contributed by atoms with E-state index in [0.717, 1.165) is 0 Å². The number of amides is 2. The molecule has 29 heavy (non-hydrogen) atoms. The van der Waals surface area contributed by atoms with E-state index in [0.29, 0.717) is 27.0 Å². The lowest BCUT2D eigenvalue weighted by Crippen LogP contribution is -2.28. The minimum Gasteiger partial charge on any atom is -0.455 e. The number of benzene rings is 2. The number of anilines is 2. The highest BCUT2D eigenvalue weighted by Gasteiger charge is 2.37. The van der Waals surface area contributed by atoms with Crippen LogP contribution in [0.4, 0.5) is 11.4 Å². The normalized spacial score (nSPS) is 16.1. The van der Waals surface area contributed by atoms with Crippen LogP contribution in [0.1, 0.15) is 12.0 Å². The zero-order valence-corrected chi connectivity index (χ0v) is 17.6. The molecule has 1 N–H and O–H groups in total. The molecule has 0 radical (unpaired) electrons. The molecule has 0 aliphatic carbocycles. The van der Waals surface area contributed by atoms with E-state index < -0.39 is 24.4 Å². The smallest absolute Gasteiger partial charge is 0.311 e. The number of nitrogens with one attached hydrogen (secondary N) is 1. The summed E-state index contributed by atoms with van der Waals surface area (Å²) in [5, 5.41) is 3.72. The Morgan fingerprint density at radius 3 is 2.59 bits per heavy atom. The molecule has 2 amide bonds. The molecule has 1 atom stereocenters. The van der Waals surface area contributed by atoms with E-state index in [2.05, 4.69) is 5.32 Å². The van der Waals surface area contributed by atoms with Crippen LogP contribution >= 0.6 is 34.8 Å². The average Bonchev–Trinajstić information content (AvgIpc) is 3.07. The highest BCUT2D eigenvalue weighted by Crippen LogP contribution is 2.35. The molecule has 6 nitrogen and oxygen atoms in total. The second-order valence-electron chi connectivity index (χ2n) is 6.55. The quantitative estimate of drug-likeness (QED) is 0.674. The third-order valence-electron chi connectivity index (χ3n) is 4.57. The molecule has 9 heteroatoms. The average molecular weight is 456 g/mol. The largest absolute Gasteiger partial charge is 0.455 e. The van der Waals surface area contributed by atoms with Crippen LogP contribution in [0.5, 0.6) is 0 Å². The maximum atomic E-state index is 12.3. The minimum absolute atomic E-state index is 0.0311. The summed E-state index contributed by atoms with van der Waals surface area (Å²) in [6.07, 6.45) is -0.0311. The maximum absolute atomic E-state index is 12.3. The van der Waals surface area contributed by atoms with Crippen molar-refractivity contribution in [3.8, 4) is 0 Å². The van der Waals surface area contributed by atoms with Gasteiger partial charge in [-0.2, -0.15) is 0 Å². The fraction of sp³-hybridized carbons (Fsp3) is 0.250. The van der Waals surface area contributed by atoms with Crippen LogP contribution in [0.3, 0.4) is 0 Å². The van der Waals surface area contributed by atoms with E-state index in [9.17, 15) is 14.4 Å². The summed E-state index contributed by atoms with van der Waals surface area (Å²) in [6, 6.07) is 10.0. The van der Waals surface area contributed by atoms with Gasteiger partial charge in [0.25, 0.3) is 5.91 Å². The Hall–Kier alpha value is -2.28. The Kier molecular flexibility index (Phi) is 6.67. The molecule has 0 saturated carbocycles. The Morgan fingerprint density at radius 2 is 1.83 bits per heavy atom. The van der Waals surface area contributed by atoms with Crippen LogP contribution in [-0.2, 0) is 19.1 Å². The molecule has 1 aliphatic heterocycles. The van der Waals surface area contributed by atoms with E-state index in [4.69, 9.17) is 39.5 Å². The van der Waals surface area contributed by atoms with Crippen molar-refractivity contribution >= 4 is 64.0 Å². The molecule has 2 aromatic rings. The van der Waals surface area contributed by atoms with Crippen LogP contribution in [0.15, 0.2) is 36.4 Å². The van der Waals surface area contributed by atoms with Gasteiger partial charge in [0.05, 0.1) is 21.7 Å². The molecule has 0 aromatic heterocycles. The molecule has 3 rings (SSSR count). The molecule has 0 bridgehead atoms. The second-order valence-corrected chi connectivity index (χ2v) is 7.74. The van der Waals surface area contributed by atoms with Gasteiger partial charge in [0.1, 0.15) is 0 Å². The predicted molar refractivity (Wildman–Crippen MR) is 113 cm³/mol. The summed E-state index contributed by atoms with van der Waals surface area (Å²) < 4.78 is 5.09. The van der Waals surface area contributed by atoms with Crippen molar-refractivity contribution in [2.24, 2.45) is 5.92 Å². The van der Waals surface area contributed by atoms with Gasteiger partial charge in [-0.1, -0.05) is 46.9 Å². The first-order valence-electron chi connectivity index (χ1n) is 8.74. The summed E-state index contributed by atoms with van der Waals surface area (Å²) in [5.74, 6) is -2.09. The molecule has 1 saturated heterocycles. The second kappa shape index (κ2) is 9.03. The van der Waals surface area contributed by atoms with Crippen LogP contribution in [0.25, 0.3) is 0 Å². The molecule has 0 unspecified atom stereocenters. The Bertz CT molecular complexity index is 980. The van der Waals surface area contributed by atoms with E-state index in [1.165, 1.54) is 4.90 Å². The number of esters is 1. The lowest BCUT2D eigenvalue weighted by molar-refractivity contribution is -0.151. The summed E-state index contributed by atoms with van der Waals surface area (Å²) in [6.45, 7) is 1.41. The Balaban J connectivity index is 1.57. The van der Waals surface area contributed by atoms with Crippen molar-refractivity contribution in [3.63, 3.8) is 0 Å². The van der Waals surface area contributed by atoms with Gasteiger partial charge in [-0.05, 0) is 36.8 Å². The first-order valence-corrected chi connectivity index (χ1v) is 9.87. The molecule has 152 valence electrons. The first kappa shape index (κ1) is 21.4. The number of ether oxygens (including phenoxy) is 1. The highest BCUT2D eigenvalue weighted by atomic mass is 35.5. The van der Waals surface area contributed by atoms with Gasteiger partial charge < -0.3 is 15.0 Å². The molecular weight excluding hydrogens is 439 g/mol. The topological polar surface area (TPSA) is 75.7 Å². The molecule has 1 fully saturated rings. The van der Waals surface area contributed by atoms with Crippen molar-refractivity contribution in [2.75, 3.05) is 23.4 Å². The minimum atomic E-state index is -0.696. The predicted octanol–water partition coefficient (Wildman–Crippen LogP) is 4.49. The number of carbonyl (C=O) groups excluding carboxylic acids is 3. The third-order valence-corrected chi connectivity index (χ3v) is 5.79. The number of carbonyl (C=O) groups is 3. The van der Waals surface area contributed by atoms with Crippen molar-refractivity contribution in [1.82, 2.24) is 0 Å². The maximum Gasteiger partial charge on any atom is 0.311 e. The van der Waals surface area contributed by atoms with E-state index in [1.54, 1.807) is 43.3 Å². The highest BCUT2D eigenvalue weighted by molar-refractivity contribution is 6.44. The third kappa shape index (κ3) is 4.83. The molecular formula is C20H17Cl3N2O4. The Morgan fingerprint density at radius 1 is 1.14 bits per heavy atom. The summed E-state index contributed by atoms with van der Waals surface area (Å²) in [4.78, 5) is 38.1. The molecule has 2 aromatic carbocycles. The van der Waals surface area contributed by atoms with E-state index >= 15 is 0 Å². The lowest BCUT2D eigenvalue weighted by atomic mass is 10.1. The molecule has 0 spiro atoms. The summed E-state index contributed by atoms with van der Waals surface area (Å²) in [5.41, 5.74) is 1.69. The van der Waals surface area contributed by atoms with E-state index in [-0.39, 0.29) is 23.9 Å². The van der Waals surface area contributed by atoms with Gasteiger partial charge in [-0.3, -0.25) is 14.4 Å². The van der Waals surface area contributed by atoms with Gasteiger partial charge in [0.2, 0.25) is 5.91 Å². The van der Waals surface area contributed by atoms with Crippen LogP contribution in [0, 0.1) is 12.8 Å². The van der Waals surface area contributed by atoms with Crippen molar-refractivity contribution in [3.05, 3.63) is 57.0 Å². The SMILES string of the molecule is Cc1c(Cl)cccc1NC(=O)COC(=O)[C@@H]1CC(=O)N(c2cccc(Cl)c2Cl)C1. The van der Waals surface area contributed by atoms with Crippen molar-refractivity contribution < 1.29 is 19.1 Å². The van der Waals surface area contributed by atoms with Crippen LogP contribution in [-0.4, -0.2) is 30.9 Å². The van der Waals surface area contributed by atoms with E-state index in [1.807, 2.05) is 0 Å². The van der Waals surface area contributed by atoms with Gasteiger partial charge in [-0.15, -0.1) is 0 Å². The number of halogens is 3. The monoisotopic (exact) mass is 454 g/mol. The van der Waals surface area contributed by atoms with Gasteiger partial charge in [0.15, 0.2) is 6.61 Å². The first-order chi connectivity index (χ1) is 13.8. The van der Waals surface area contributed by atoms with Gasteiger partial charge >= 0.3 is 5.97 Å². The lowest BCUT2D eigenvalue weighted by Gasteiger charge is -2.18. The van der Waals surface area contributed by atoms with Gasteiger partial charge in [0, 0.05) is 23.7 Å². The van der Waals surface area contributed by atoms with Crippen LogP contribution < -0.4 is 10.2 Å². The van der Waals surface area contributed by atoms with Gasteiger partial charge in [-0.25, -0.2) is 0 Å². The van der Waals surface area contributed by atoms with Crippen LogP contribution in [0.2, 0.25) is 15.1 Å². The zero-order chi connectivity index (χ0) is 21.1. The zero-order valence-electron chi connectivity index (χ0n) is 15.4. The van der Waals surface area contributed by atoms with Crippen molar-refractivity contribution in [2.45, 2.75) is 13.3 Å². The number of hydrogen-bond acceptors (Lipinski definition) is 4. The molecule has 1 aliphatic rings. The fourth-order valence-corrected chi connectivity index (χ4v) is 3.55. The Labute approximate surface area is 182 Å². The number of nitrogens with zero attached hydrogens (tertiary/aromatic N) is 1. The fourth-order valence-electron chi connectivity index (χ4n) is 2.98. The standard InChI is InChI=1S/C20H17Cl3N2O4/c1-11-13(21)4-2-6-15(11)24-17(26)10-29-20(28)12-8-18(27)25(9-12)16-7-3-5-14(22)19(16)23/h2-7,12H,8-10H2,1H3,(H,24,26)/t12-/m1/s1. The summed E-state index contributed by atoms with van der Waals surface area (Å²) >= 11 is 18.2. The van der Waals surface area contributed by atoms with Crippen molar-refractivity contribution in [1.29, 1.82) is 0 Å². The summed E-state index contributed by atoms with van der Waals surface area (Å²) in [7, 11) is 0. The number of rotatable bonds is 5. The molecule has 1 heterocycles. The number of hydrogen-bond donors (Lipinski definition) is 1.